The van der Waals surface area contributed by atoms with E-state index in [9.17, 15) is 4.79 Å². The minimum Gasteiger partial charge on any atom is -0.356 e. The Morgan fingerprint density at radius 3 is 1.83 bits per heavy atom. The van der Waals surface area contributed by atoms with Crippen molar-refractivity contribution >= 4 is 5.91 Å². The Kier molecular flexibility index (Phi) is 7.85. The Balaban J connectivity index is 0. The number of amides is 1. The molecule has 72 valence electrons. The maximum atomic E-state index is 9.95. The monoisotopic (exact) mass is 173 g/mol. The number of likely N-dealkylation sites (N-methyl/N-ethyl adjacent to an activating group) is 1. The predicted molar refractivity (Wildman–Crippen MR) is 52.8 cm³/mol. The van der Waals surface area contributed by atoms with Crippen molar-refractivity contribution in [3.05, 3.63) is 12.7 Å². The fourth-order valence-electron chi connectivity index (χ4n) is 0.102. The van der Waals surface area contributed by atoms with E-state index in [1.807, 2.05) is 0 Å². The largest absolute Gasteiger partial charge is 0.356 e. The molecule has 0 heterocycles. The first kappa shape index (κ1) is 13.7. The zero-order chi connectivity index (χ0) is 10.2. The summed E-state index contributed by atoms with van der Waals surface area (Å²) in [4.78, 5) is 9.95. The molecule has 3 nitrogen and oxygen atoms in total. The molecule has 12 heavy (non-hydrogen) atoms. The molecule has 0 saturated carbocycles. The lowest BCUT2D eigenvalue weighted by Crippen LogP contribution is -2.33. The highest BCUT2D eigenvalue weighted by molar-refractivity contribution is 5.86. The summed E-state index contributed by atoms with van der Waals surface area (Å²) in [5, 5.41) is 2.36. The Labute approximate surface area is 75.7 Å². The quantitative estimate of drug-likeness (QED) is 0.481. The summed E-state index contributed by atoms with van der Waals surface area (Å²) >= 11 is 0. The van der Waals surface area contributed by atoms with Gasteiger partial charge in [-0.2, -0.15) is 0 Å². The molecule has 0 fully saturated rings. The summed E-state index contributed by atoms with van der Waals surface area (Å²) in [6, 6.07) is 0. The summed E-state index contributed by atoms with van der Waals surface area (Å²) < 4.78 is 1.07. The van der Waals surface area contributed by atoms with Gasteiger partial charge in [0.05, 0.1) is 27.7 Å². The molecule has 3 heteroatoms. The minimum absolute atomic E-state index is 0.144. The van der Waals surface area contributed by atoms with Gasteiger partial charge in [-0.05, 0) is 13.0 Å². The van der Waals surface area contributed by atoms with Crippen LogP contribution in [0, 0.1) is 0 Å². The molecule has 0 aliphatic carbocycles. The van der Waals surface area contributed by atoms with Gasteiger partial charge in [0.25, 0.3) is 0 Å². The predicted octanol–water partition coefficient (Wildman–Crippen LogP) is 0.631. The molecular weight excluding hydrogens is 152 g/mol. The standard InChI is InChI=1S/C5H14N.C4H7NO/c1-5-6(2,3)4;1-3-4(6)5-2/h5H2,1-4H3;3H,1H2,2H3,(H,5,6)/q+1;. The first-order valence-corrected chi connectivity index (χ1v) is 4.02. The number of carbonyl (C=O) groups excluding carboxylic acids is 1. The van der Waals surface area contributed by atoms with Gasteiger partial charge in [-0.1, -0.05) is 6.58 Å². The number of carbonyl (C=O) groups is 1. The van der Waals surface area contributed by atoms with Crippen molar-refractivity contribution in [2.75, 3.05) is 34.7 Å². The maximum Gasteiger partial charge on any atom is 0.243 e. The molecule has 0 rings (SSSR count). The Morgan fingerprint density at radius 1 is 1.50 bits per heavy atom. The summed E-state index contributed by atoms with van der Waals surface area (Å²) in [5.41, 5.74) is 0. The molecule has 0 bridgehead atoms. The number of rotatable bonds is 2. The third-order valence-electron chi connectivity index (χ3n) is 1.38. The second-order valence-electron chi connectivity index (χ2n) is 3.42. The molecule has 0 unspecified atom stereocenters. The van der Waals surface area contributed by atoms with Gasteiger partial charge in [0.1, 0.15) is 0 Å². The van der Waals surface area contributed by atoms with Gasteiger partial charge < -0.3 is 9.80 Å². The second-order valence-corrected chi connectivity index (χ2v) is 3.42. The van der Waals surface area contributed by atoms with E-state index < -0.39 is 0 Å². The fourth-order valence-corrected chi connectivity index (χ4v) is 0.102. The molecular formula is C9H21N2O+. The van der Waals surface area contributed by atoms with Gasteiger partial charge in [0.15, 0.2) is 0 Å². The average molecular weight is 173 g/mol. The maximum absolute atomic E-state index is 9.95. The van der Waals surface area contributed by atoms with Crippen LogP contribution < -0.4 is 5.32 Å². The van der Waals surface area contributed by atoms with Crippen molar-refractivity contribution in [1.82, 2.24) is 5.32 Å². The van der Waals surface area contributed by atoms with Crippen LogP contribution in [0.4, 0.5) is 0 Å². The van der Waals surface area contributed by atoms with Crippen molar-refractivity contribution in [2.45, 2.75) is 6.92 Å². The highest BCUT2D eigenvalue weighted by atomic mass is 16.1. The first-order valence-electron chi connectivity index (χ1n) is 4.02. The van der Waals surface area contributed by atoms with E-state index in [2.05, 4.69) is 40.0 Å². The molecule has 0 atom stereocenters. The van der Waals surface area contributed by atoms with Crippen LogP contribution in [-0.2, 0) is 4.79 Å². The summed E-state index contributed by atoms with van der Waals surface area (Å²) in [6.45, 7) is 6.61. The van der Waals surface area contributed by atoms with Crippen molar-refractivity contribution in [1.29, 1.82) is 0 Å². The van der Waals surface area contributed by atoms with E-state index in [1.165, 1.54) is 12.6 Å². The van der Waals surface area contributed by atoms with Gasteiger partial charge in [-0.3, -0.25) is 4.79 Å². The Hall–Kier alpha value is -0.830. The van der Waals surface area contributed by atoms with E-state index in [-0.39, 0.29) is 5.91 Å². The van der Waals surface area contributed by atoms with Crippen LogP contribution in [0.15, 0.2) is 12.7 Å². The highest BCUT2D eigenvalue weighted by Crippen LogP contribution is 1.83. The van der Waals surface area contributed by atoms with Crippen LogP contribution in [0.25, 0.3) is 0 Å². The fraction of sp³-hybridized carbons (Fsp3) is 0.667. The molecule has 0 aliphatic heterocycles. The normalized spacial score (nSPS) is 9.42. The van der Waals surface area contributed by atoms with Gasteiger partial charge in [-0.25, -0.2) is 0 Å². The van der Waals surface area contributed by atoms with E-state index in [0.29, 0.717) is 0 Å². The number of quaternary nitrogens is 1. The summed E-state index contributed by atoms with van der Waals surface area (Å²) in [7, 11) is 8.10. The second kappa shape index (κ2) is 6.85. The van der Waals surface area contributed by atoms with Crippen LogP contribution in [-0.4, -0.2) is 45.1 Å². The first-order chi connectivity index (χ1) is 5.37. The molecule has 0 aliphatic rings. The zero-order valence-corrected chi connectivity index (χ0v) is 8.85. The summed E-state index contributed by atoms with van der Waals surface area (Å²) in [5.74, 6) is -0.144. The van der Waals surface area contributed by atoms with Gasteiger partial charge >= 0.3 is 0 Å². The third kappa shape index (κ3) is 16.1. The number of nitrogens with one attached hydrogen (secondary N) is 1. The topological polar surface area (TPSA) is 29.1 Å². The lowest BCUT2D eigenvalue weighted by atomic mass is 10.6. The number of hydrogen-bond donors (Lipinski definition) is 1. The number of nitrogens with zero attached hydrogens (tertiary/aromatic N) is 1. The van der Waals surface area contributed by atoms with E-state index in [4.69, 9.17) is 0 Å². The molecule has 0 radical (unpaired) electrons. The van der Waals surface area contributed by atoms with E-state index >= 15 is 0 Å². The zero-order valence-electron chi connectivity index (χ0n) is 8.85. The molecule has 1 N–H and O–H groups in total. The van der Waals surface area contributed by atoms with Crippen LogP contribution in [0.5, 0.6) is 0 Å². The smallest absolute Gasteiger partial charge is 0.243 e. The van der Waals surface area contributed by atoms with E-state index in [0.717, 1.165) is 4.48 Å². The van der Waals surface area contributed by atoms with E-state index in [1.54, 1.807) is 7.05 Å². The molecule has 0 saturated heterocycles. The van der Waals surface area contributed by atoms with Gasteiger partial charge in [0, 0.05) is 7.05 Å². The van der Waals surface area contributed by atoms with Crippen LogP contribution >= 0.6 is 0 Å². The van der Waals surface area contributed by atoms with Gasteiger partial charge in [-0.15, -0.1) is 0 Å². The van der Waals surface area contributed by atoms with Crippen molar-refractivity contribution < 1.29 is 9.28 Å². The van der Waals surface area contributed by atoms with Crippen LogP contribution in [0.3, 0.4) is 0 Å². The van der Waals surface area contributed by atoms with Crippen molar-refractivity contribution in [3.8, 4) is 0 Å². The van der Waals surface area contributed by atoms with Gasteiger partial charge in [0.2, 0.25) is 5.91 Å². The van der Waals surface area contributed by atoms with Crippen molar-refractivity contribution in [3.63, 3.8) is 0 Å². The molecule has 0 aromatic rings. The minimum atomic E-state index is -0.144. The van der Waals surface area contributed by atoms with Crippen LogP contribution in [0.2, 0.25) is 0 Å². The lowest BCUT2D eigenvalue weighted by Gasteiger charge is -2.20. The Morgan fingerprint density at radius 2 is 1.83 bits per heavy atom. The number of hydrogen-bond acceptors (Lipinski definition) is 1. The molecule has 0 aromatic heterocycles. The lowest BCUT2D eigenvalue weighted by molar-refractivity contribution is -0.868. The van der Waals surface area contributed by atoms with Crippen LogP contribution in [0.1, 0.15) is 6.92 Å². The molecule has 0 aromatic carbocycles. The average Bonchev–Trinajstić information content (AvgIpc) is 2.03. The highest BCUT2D eigenvalue weighted by Gasteiger charge is 1.97. The Bertz CT molecular complexity index is 136. The molecule has 0 spiro atoms. The SMILES string of the molecule is C=CC(=O)NC.CC[N+](C)(C)C. The summed E-state index contributed by atoms with van der Waals surface area (Å²) in [6.07, 6.45) is 1.22. The third-order valence-corrected chi connectivity index (χ3v) is 1.38. The van der Waals surface area contributed by atoms with Crippen molar-refractivity contribution in [2.24, 2.45) is 0 Å². The molecule has 1 amide bonds.